The molecule has 0 fully saturated rings. The van der Waals surface area contributed by atoms with Gasteiger partial charge in [0.1, 0.15) is 11.6 Å². The van der Waals surface area contributed by atoms with Gasteiger partial charge in [-0.1, -0.05) is 20.8 Å². The van der Waals surface area contributed by atoms with Crippen LogP contribution in [0.25, 0.3) is 0 Å². The Morgan fingerprint density at radius 1 is 1.20 bits per heavy atom. The highest BCUT2D eigenvalue weighted by Crippen LogP contribution is 2.22. The van der Waals surface area contributed by atoms with Crippen LogP contribution in [0.1, 0.15) is 47.1 Å². The third kappa shape index (κ3) is 5.87. The van der Waals surface area contributed by atoms with Gasteiger partial charge in [0.15, 0.2) is 0 Å². The maximum Gasteiger partial charge on any atom is 0.141 e. The molecular formula is C16H28FN3. The van der Waals surface area contributed by atoms with Gasteiger partial charge < -0.3 is 10.2 Å². The highest BCUT2D eigenvalue weighted by Gasteiger charge is 2.18. The first-order valence-corrected chi connectivity index (χ1v) is 7.08. The predicted octanol–water partition coefficient (Wildman–Crippen LogP) is 3.59. The standard InChI is InChI=1S/C16H28FN3/c1-15(2,3)11-20(7)14-12(8-13(17)10-18-14)9-19-16(4,5)6/h8,10,19H,9,11H2,1-7H3. The SMILES string of the molecule is CN(CC(C)(C)C)c1ncc(F)cc1CNC(C)(C)C. The number of aromatic nitrogens is 1. The average molecular weight is 281 g/mol. The van der Waals surface area contributed by atoms with E-state index in [9.17, 15) is 4.39 Å². The molecule has 20 heavy (non-hydrogen) atoms. The van der Waals surface area contributed by atoms with Crippen LogP contribution in [-0.4, -0.2) is 24.1 Å². The van der Waals surface area contributed by atoms with Crippen molar-refractivity contribution in [3.8, 4) is 0 Å². The Balaban J connectivity index is 2.95. The normalized spacial score (nSPS) is 12.6. The Bertz CT molecular complexity index is 444. The molecule has 0 saturated heterocycles. The summed E-state index contributed by atoms with van der Waals surface area (Å²) in [7, 11) is 2.01. The van der Waals surface area contributed by atoms with Gasteiger partial charge in [0, 0.05) is 31.2 Å². The number of rotatable bonds is 4. The highest BCUT2D eigenvalue weighted by molar-refractivity contribution is 5.46. The molecule has 0 bridgehead atoms. The molecule has 0 spiro atoms. The van der Waals surface area contributed by atoms with Gasteiger partial charge in [0.25, 0.3) is 0 Å². The second-order valence-corrected chi connectivity index (χ2v) is 7.66. The van der Waals surface area contributed by atoms with Gasteiger partial charge in [0.05, 0.1) is 6.20 Å². The molecule has 0 radical (unpaired) electrons. The Morgan fingerprint density at radius 2 is 1.80 bits per heavy atom. The summed E-state index contributed by atoms with van der Waals surface area (Å²) in [6.07, 6.45) is 1.29. The molecule has 3 nitrogen and oxygen atoms in total. The van der Waals surface area contributed by atoms with Crippen molar-refractivity contribution in [2.45, 2.75) is 53.6 Å². The number of halogens is 1. The Hall–Kier alpha value is -1.16. The van der Waals surface area contributed by atoms with Crippen molar-refractivity contribution in [2.75, 3.05) is 18.5 Å². The molecule has 0 atom stereocenters. The zero-order valence-corrected chi connectivity index (χ0v) is 13.8. The number of anilines is 1. The number of hydrogen-bond acceptors (Lipinski definition) is 3. The summed E-state index contributed by atoms with van der Waals surface area (Å²) in [6, 6.07) is 1.57. The van der Waals surface area contributed by atoms with Crippen molar-refractivity contribution < 1.29 is 4.39 Å². The quantitative estimate of drug-likeness (QED) is 0.914. The zero-order valence-electron chi connectivity index (χ0n) is 13.8. The van der Waals surface area contributed by atoms with E-state index in [1.165, 1.54) is 6.20 Å². The lowest BCUT2D eigenvalue weighted by molar-refractivity contribution is 0.412. The van der Waals surface area contributed by atoms with E-state index in [-0.39, 0.29) is 16.8 Å². The van der Waals surface area contributed by atoms with Crippen molar-refractivity contribution in [1.82, 2.24) is 10.3 Å². The Morgan fingerprint density at radius 3 is 2.30 bits per heavy atom. The summed E-state index contributed by atoms with van der Waals surface area (Å²) in [5, 5.41) is 3.39. The second kappa shape index (κ2) is 6.08. The summed E-state index contributed by atoms with van der Waals surface area (Å²) in [4.78, 5) is 6.37. The van der Waals surface area contributed by atoms with Crippen LogP contribution < -0.4 is 10.2 Å². The van der Waals surface area contributed by atoms with E-state index < -0.39 is 0 Å². The molecule has 0 aliphatic carbocycles. The van der Waals surface area contributed by atoms with E-state index in [0.717, 1.165) is 17.9 Å². The van der Waals surface area contributed by atoms with Gasteiger partial charge in [-0.05, 0) is 32.3 Å². The molecular weight excluding hydrogens is 253 g/mol. The maximum atomic E-state index is 13.5. The number of nitrogens with one attached hydrogen (secondary N) is 1. The highest BCUT2D eigenvalue weighted by atomic mass is 19.1. The average Bonchev–Trinajstić information content (AvgIpc) is 2.22. The lowest BCUT2D eigenvalue weighted by Gasteiger charge is -2.29. The first-order chi connectivity index (χ1) is 8.98. The van der Waals surface area contributed by atoms with E-state index >= 15 is 0 Å². The lowest BCUT2D eigenvalue weighted by atomic mass is 9.96. The monoisotopic (exact) mass is 281 g/mol. The molecule has 0 aliphatic rings. The van der Waals surface area contributed by atoms with Crippen LogP contribution in [0.15, 0.2) is 12.3 Å². The first kappa shape index (κ1) is 16.9. The number of hydrogen-bond donors (Lipinski definition) is 1. The molecule has 1 rings (SSSR count). The molecule has 114 valence electrons. The van der Waals surface area contributed by atoms with Crippen molar-refractivity contribution >= 4 is 5.82 Å². The predicted molar refractivity (Wildman–Crippen MR) is 83.5 cm³/mol. The third-order valence-electron chi connectivity index (χ3n) is 2.79. The van der Waals surface area contributed by atoms with Crippen LogP contribution in [0, 0.1) is 11.2 Å². The van der Waals surface area contributed by atoms with Crippen molar-refractivity contribution in [2.24, 2.45) is 5.41 Å². The molecule has 1 aromatic rings. The van der Waals surface area contributed by atoms with Gasteiger partial charge in [-0.25, -0.2) is 9.37 Å². The molecule has 1 heterocycles. The van der Waals surface area contributed by atoms with Crippen LogP contribution in [0.2, 0.25) is 0 Å². The van der Waals surface area contributed by atoms with E-state index in [1.54, 1.807) is 6.07 Å². The molecule has 0 aromatic carbocycles. The largest absolute Gasteiger partial charge is 0.359 e. The third-order valence-corrected chi connectivity index (χ3v) is 2.79. The Kier molecular flexibility index (Phi) is 5.14. The summed E-state index contributed by atoms with van der Waals surface area (Å²) >= 11 is 0. The van der Waals surface area contributed by atoms with Crippen LogP contribution in [0.5, 0.6) is 0 Å². The van der Waals surface area contributed by atoms with Gasteiger partial charge in [0.2, 0.25) is 0 Å². The zero-order chi connectivity index (χ0) is 15.6. The van der Waals surface area contributed by atoms with E-state index in [1.807, 2.05) is 7.05 Å². The molecule has 0 aliphatic heterocycles. The van der Waals surface area contributed by atoms with Crippen molar-refractivity contribution in [3.63, 3.8) is 0 Å². The number of nitrogens with zero attached hydrogens (tertiary/aromatic N) is 2. The Labute approximate surface area is 122 Å². The van der Waals surface area contributed by atoms with E-state index in [0.29, 0.717) is 6.54 Å². The van der Waals surface area contributed by atoms with E-state index in [4.69, 9.17) is 0 Å². The summed E-state index contributed by atoms with van der Waals surface area (Å²) in [5.74, 6) is 0.557. The van der Waals surface area contributed by atoms with Crippen molar-refractivity contribution in [1.29, 1.82) is 0 Å². The summed E-state index contributed by atoms with van der Waals surface area (Å²) in [6.45, 7) is 14.3. The van der Waals surface area contributed by atoms with Crippen molar-refractivity contribution in [3.05, 3.63) is 23.6 Å². The molecule has 0 unspecified atom stereocenters. The van der Waals surface area contributed by atoms with Gasteiger partial charge >= 0.3 is 0 Å². The fraction of sp³-hybridized carbons (Fsp3) is 0.688. The van der Waals surface area contributed by atoms with Crippen LogP contribution in [-0.2, 0) is 6.54 Å². The minimum atomic E-state index is -0.288. The minimum Gasteiger partial charge on any atom is -0.359 e. The fourth-order valence-corrected chi connectivity index (χ4v) is 2.09. The first-order valence-electron chi connectivity index (χ1n) is 7.08. The second-order valence-electron chi connectivity index (χ2n) is 7.66. The molecule has 1 N–H and O–H groups in total. The molecule has 0 amide bonds. The maximum absolute atomic E-state index is 13.5. The number of pyridine rings is 1. The van der Waals surface area contributed by atoms with Gasteiger partial charge in [-0.3, -0.25) is 0 Å². The van der Waals surface area contributed by atoms with Gasteiger partial charge in [-0.15, -0.1) is 0 Å². The summed E-state index contributed by atoms with van der Waals surface area (Å²) < 4.78 is 13.5. The van der Waals surface area contributed by atoms with Crippen LogP contribution in [0.4, 0.5) is 10.2 Å². The molecule has 0 saturated carbocycles. The fourth-order valence-electron chi connectivity index (χ4n) is 2.09. The molecule has 4 heteroatoms. The van der Waals surface area contributed by atoms with Crippen LogP contribution in [0.3, 0.4) is 0 Å². The van der Waals surface area contributed by atoms with Crippen LogP contribution >= 0.6 is 0 Å². The van der Waals surface area contributed by atoms with Gasteiger partial charge in [-0.2, -0.15) is 0 Å². The topological polar surface area (TPSA) is 28.2 Å². The summed E-state index contributed by atoms with van der Waals surface area (Å²) in [5.41, 5.74) is 1.05. The lowest BCUT2D eigenvalue weighted by Crippen LogP contribution is -2.36. The molecule has 1 aromatic heterocycles. The minimum absolute atomic E-state index is 0.00775. The smallest absolute Gasteiger partial charge is 0.141 e. The van der Waals surface area contributed by atoms with E-state index in [2.05, 4.69) is 56.7 Å².